The van der Waals surface area contributed by atoms with E-state index in [2.05, 4.69) is 10.4 Å². The Bertz CT molecular complexity index is 992. The van der Waals surface area contributed by atoms with Crippen molar-refractivity contribution in [2.75, 3.05) is 5.32 Å². The average Bonchev–Trinajstić information content (AvgIpc) is 3.17. The molecule has 2 N–H and O–H groups in total. The first-order valence-electron chi connectivity index (χ1n) is 8.36. The lowest BCUT2D eigenvalue weighted by atomic mass is 10.1. The third-order valence-corrected chi connectivity index (χ3v) is 4.07. The van der Waals surface area contributed by atoms with E-state index in [0.717, 1.165) is 5.69 Å². The molecule has 0 aliphatic rings. The Morgan fingerprint density at radius 2 is 2.00 bits per heavy atom. The van der Waals surface area contributed by atoms with Crippen LogP contribution in [0.15, 0.2) is 34.9 Å². The van der Waals surface area contributed by atoms with E-state index < -0.39 is 5.97 Å². The number of anilines is 1. The summed E-state index contributed by atoms with van der Waals surface area (Å²) in [6.45, 7) is 8.09. The maximum absolute atomic E-state index is 12.7. The first kappa shape index (κ1) is 17.7. The van der Waals surface area contributed by atoms with Crippen LogP contribution in [0.1, 0.15) is 54.3 Å². The van der Waals surface area contributed by atoms with Gasteiger partial charge in [0.05, 0.1) is 23.0 Å². The first-order chi connectivity index (χ1) is 12.2. The molecule has 26 heavy (non-hydrogen) atoms. The zero-order valence-corrected chi connectivity index (χ0v) is 15.2. The Kier molecular flexibility index (Phi) is 4.31. The van der Waals surface area contributed by atoms with Crippen LogP contribution >= 0.6 is 0 Å². The lowest BCUT2D eigenvalue weighted by Gasteiger charge is -2.22. The van der Waals surface area contributed by atoms with Crippen molar-refractivity contribution in [2.45, 2.75) is 39.7 Å². The highest BCUT2D eigenvalue weighted by atomic mass is 16.4. The lowest BCUT2D eigenvalue weighted by molar-refractivity contribution is 0.0665. The van der Waals surface area contributed by atoms with Gasteiger partial charge in [-0.15, -0.1) is 0 Å². The van der Waals surface area contributed by atoms with Crippen molar-refractivity contribution in [2.24, 2.45) is 0 Å². The number of furan rings is 1. The van der Waals surface area contributed by atoms with Crippen LogP contribution in [-0.4, -0.2) is 26.8 Å². The van der Waals surface area contributed by atoms with Gasteiger partial charge >= 0.3 is 5.97 Å². The summed E-state index contributed by atoms with van der Waals surface area (Å²) in [4.78, 5) is 23.7. The van der Waals surface area contributed by atoms with E-state index >= 15 is 0 Å². The van der Waals surface area contributed by atoms with Crippen molar-refractivity contribution in [3.8, 4) is 0 Å². The molecular weight excluding hydrogens is 334 g/mol. The number of nitrogens with zero attached hydrogens (tertiary/aromatic N) is 2. The van der Waals surface area contributed by atoms with E-state index in [1.807, 2.05) is 32.4 Å². The third-order valence-electron chi connectivity index (χ3n) is 4.07. The molecule has 136 valence electrons. The second-order valence-corrected chi connectivity index (χ2v) is 7.06. The van der Waals surface area contributed by atoms with Crippen molar-refractivity contribution < 1.29 is 19.1 Å². The topological polar surface area (TPSA) is 97.4 Å². The molecule has 1 amide bonds. The van der Waals surface area contributed by atoms with Crippen LogP contribution in [0, 0.1) is 0 Å². The number of carboxylic acids is 1. The number of aromatic nitrogens is 2. The zero-order chi connectivity index (χ0) is 19.1. The maximum Gasteiger partial charge on any atom is 0.371 e. The van der Waals surface area contributed by atoms with Gasteiger partial charge in [-0.3, -0.25) is 9.48 Å². The van der Waals surface area contributed by atoms with Crippen LogP contribution in [0.25, 0.3) is 11.0 Å². The van der Waals surface area contributed by atoms with E-state index in [0.29, 0.717) is 28.6 Å². The summed E-state index contributed by atoms with van der Waals surface area (Å²) in [7, 11) is 0. The lowest BCUT2D eigenvalue weighted by Crippen LogP contribution is -2.26. The molecule has 7 heteroatoms. The molecule has 0 unspecified atom stereocenters. The summed E-state index contributed by atoms with van der Waals surface area (Å²) < 4.78 is 7.09. The number of carbonyl (C=O) groups is 2. The van der Waals surface area contributed by atoms with Crippen molar-refractivity contribution >= 4 is 28.5 Å². The second kappa shape index (κ2) is 6.33. The molecule has 0 aliphatic carbocycles. The monoisotopic (exact) mass is 355 g/mol. The number of rotatable bonds is 4. The number of hydrogen-bond donors (Lipinski definition) is 2. The van der Waals surface area contributed by atoms with Gasteiger partial charge < -0.3 is 14.8 Å². The summed E-state index contributed by atoms with van der Waals surface area (Å²) in [6, 6.07) is 6.43. The molecule has 0 radical (unpaired) electrons. The number of amides is 1. The molecule has 0 saturated heterocycles. The summed E-state index contributed by atoms with van der Waals surface area (Å²) in [5, 5.41) is 16.8. The third kappa shape index (κ3) is 3.20. The van der Waals surface area contributed by atoms with Crippen LogP contribution in [0.4, 0.5) is 5.69 Å². The highest BCUT2D eigenvalue weighted by Gasteiger charge is 2.23. The van der Waals surface area contributed by atoms with E-state index in [1.54, 1.807) is 24.4 Å². The molecule has 1 aromatic carbocycles. The SMILES string of the molecule is CCc1c(C(=O)Nc2ccc3oc(C(=O)O)cc3c2)cnn1C(C)(C)C. The molecule has 0 fully saturated rings. The minimum absolute atomic E-state index is 0.136. The van der Waals surface area contributed by atoms with Gasteiger partial charge in [0.15, 0.2) is 0 Å². The van der Waals surface area contributed by atoms with Crippen molar-refractivity contribution in [3.63, 3.8) is 0 Å². The van der Waals surface area contributed by atoms with Crippen LogP contribution in [0.3, 0.4) is 0 Å². The molecule has 0 aliphatic heterocycles. The van der Waals surface area contributed by atoms with E-state index in [-0.39, 0.29) is 17.2 Å². The molecule has 3 rings (SSSR count). The summed E-state index contributed by atoms with van der Waals surface area (Å²) in [5.74, 6) is -1.52. The first-order valence-corrected chi connectivity index (χ1v) is 8.36. The van der Waals surface area contributed by atoms with Gasteiger partial charge in [-0.25, -0.2) is 4.79 Å². The van der Waals surface area contributed by atoms with Gasteiger partial charge in [0.2, 0.25) is 5.76 Å². The fraction of sp³-hybridized carbons (Fsp3) is 0.316. The number of carbonyl (C=O) groups excluding carboxylic acids is 1. The Morgan fingerprint density at radius 1 is 1.27 bits per heavy atom. The number of hydrogen-bond acceptors (Lipinski definition) is 4. The molecule has 3 aromatic rings. The average molecular weight is 355 g/mol. The van der Waals surface area contributed by atoms with Gasteiger partial charge in [-0.1, -0.05) is 6.92 Å². The molecule has 7 nitrogen and oxygen atoms in total. The van der Waals surface area contributed by atoms with Crippen LogP contribution in [0.2, 0.25) is 0 Å². The smallest absolute Gasteiger partial charge is 0.371 e. The minimum Gasteiger partial charge on any atom is -0.475 e. The second-order valence-electron chi connectivity index (χ2n) is 7.06. The van der Waals surface area contributed by atoms with Crippen molar-refractivity contribution in [3.05, 3.63) is 47.5 Å². The largest absolute Gasteiger partial charge is 0.475 e. The predicted octanol–water partition coefficient (Wildman–Crippen LogP) is 3.90. The van der Waals surface area contributed by atoms with Gasteiger partial charge in [0.1, 0.15) is 5.58 Å². The molecule has 2 heterocycles. The molecule has 0 atom stereocenters. The molecule has 0 bridgehead atoms. The summed E-state index contributed by atoms with van der Waals surface area (Å²) in [6.07, 6.45) is 2.26. The highest BCUT2D eigenvalue weighted by Crippen LogP contribution is 2.25. The van der Waals surface area contributed by atoms with E-state index in [4.69, 9.17) is 9.52 Å². The molecular formula is C19H21N3O4. The maximum atomic E-state index is 12.7. The van der Waals surface area contributed by atoms with Crippen molar-refractivity contribution in [1.82, 2.24) is 9.78 Å². The van der Waals surface area contributed by atoms with Crippen LogP contribution in [-0.2, 0) is 12.0 Å². The number of fused-ring (bicyclic) bond motifs is 1. The molecule has 2 aromatic heterocycles. The highest BCUT2D eigenvalue weighted by molar-refractivity contribution is 6.06. The number of carboxylic acid groups (broad SMARTS) is 1. The normalized spacial score (nSPS) is 11.7. The predicted molar refractivity (Wildman–Crippen MR) is 97.7 cm³/mol. The van der Waals surface area contributed by atoms with Crippen LogP contribution < -0.4 is 5.32 Å². The number of benzene rings is 1. The Balaban J connectivity index is 1.89. The van der Waals surface area contributed by atoms with E-state index in [9.17, 15) is 9.59 Å². The number of aromatic carboxylic acids is 1. The Hall–Kier alpha value is -3.09. The quantitative estimate of drug-likeness (QED) is 0.740. The Labute approximate surface area is 150 Å². The van der Waals surface area contributed by atoms with Gasteiger partial charge in [0.25, 0.3) is 5.91 Å². The van der Waals surface area contributed by atoms with E-state index in [1.165, 1.54) is 6.07 Å². The summed E-state index contributed by atoms with van der Waals surface area (Å²) in [5.41, 5.74) is 2.20. The zero-order valence-electron chi connectivity index (χ0n) is 15.2. The van der Waals surface area contributed by atoms with Gasteiger partial charge in [-0.05, 0) is 51.5 Å². The standard InChI is InChI=1S/C19H21N3O4/c1-5-14-13(10-20-22(14)19(2,3)4)17(23)21-12-6-7-15-11(8-12)9-16(26-15)18(24)25/h6-10H,5H2,1-4H3,(H,21,23)(H,24,25). The fourth-order valence-corrected chi connectivity index (χ4v) is 2.91. The summed E-state index contributed by atoms with van der Waals surface area (Å²) >= 11 is 0. The minimum atomic E-state index is -1.13. The fourth-order valence-electron chi connectivity index (χ4n) is 2.91. The number of nitrogens with one attached hydrogen (secondary N) is 1. The molecule has 0 spiro atoms. The van der Waals surface area contributed by atoms with Crippen molar-refractivity contribution in [1.29, 1.82) is 0 Å². The van der Waals surface area contributed by atoms with Gasteiger partial charge in [-0.2, -0.15) is 5.10 Å². The van der Waals surface area contributed by atoms with Gasteiger partial charge in [0, 0.05) is 11.1 Å². The molecule has 0 saturated carbocycles. The van der Waals surface area contributed by atoms with Crippen LogP contribution in [0.5, 0.6) is 0 Å². The Morgan fingerprint density at radius 3 is 2.62 bits per heavy atom.